The molecule has 0 radical (unpaired) electrons. The van der Waals surface area contributed by atoms with Crippen molar-refractivity contribution in [3.8, 4) is 0 Å². The van der Waals surface area contributed by atoms with Crippen LogP contribution in [0, 0.1) is 0 Å². The molecule has 0 aliphatic heterocycles. The maximum absolute atomic E-state index is 13.2. The summed E-state index contributed by atoms with van der Waals surface area (Å²) in [6.07, 6.45) is 0. The first-order valence-corrected chi connectivity index (χ1v) is 10.1. The van der Waals surface area contributed by atoms with Crippen LogP contribution in [-0.4, -0.2) is 15.0 Å². The van der Waals surface area contributed by atoms with Gasteiger partial charge in [0.15, 0.2) is 0 Å². The molecule has 0 saturated heterocycles. The number of hydrogen-bond donors (Lipinski definition) is 1. The molecule has 1 amide bonds. The summed E-state index contributed by atoms with van der Waals surface area (Å²) < 4.78 is 2.55. The van der Waals surface area contributed by atoms with Gasteiger partial charge in [-0.05, 0) is 30.2 Å². The Balaban J connectivity index is 1.70. The molecular weight excluding hydrogens is 390 g/mol. The zero-order valence-corrected chi connectivity index (χ0v) is 17.2. The second-order valence-electron chi connectivity index (χ2n) is 7.46. The van der Waals surface area contributed by atoms with Gasteiger partial charge in [-0.15, -0.1) is 0 Å². The van der Waals surface area contributed by atoms with Gasteiger partial charge in [0.1, 0.15) is 6.54 Å². The van der Waals surface area contributed by atoms with Crippen LogP contribution in [0.1, 0.15) is 24.1 Å². The molecule has 4 aromatic rings. The van der Waals surface area contributed by atoms with E-state index in [4.69, 9.17) is 0 Å². The van der Waals surface area contributed by atoms with E-state index in [2.05, 4.69) is 5.32 Å². The van der Waals surface area contributed by atoms with E-state index in [9.17, 15) is 14.4 Å². The van der Waals surface area contributed by atoms with Gasteiger partial charge < -0.3 is 5.32 Å². The highest BCUT2D eigenvalue weighted by atomic mass is 16.2. The van der Waals surface area contributed by atoms with Gasteiger partial charge in [0.05, 0.1) is 23.5 Å². The standard InChI is InChI=1S/C25H23N3O3/c1-18(20-12-6-3-7-13-20)26-23(29)17-27-22-15-9-8-14-21(22)24(30)28(25(27)31)16-19-10-4-2-5-11-19/h2-15,18H,16-17H2,1H3,(H,26,29). The molecule has 1 unspecified atom stereocenters. The maximum Gasteiger partial charge on any atom is 0.332 e. The van der Waals surface area contributed by atoms with Crippen molar-refractivity contribution in [1.29, 1.82) is 0 Å². The Hall–Kier alpha value is -3.93. The third kappa shape index (κ3) is 4.33. The van der Waals surface area contributed by atoms with E-state index < -0.39 is 5.69 Å². The van der Waals surface area contributed by atoms with E-state index in [1.54, 1.807) is 24.3 Å². The van der Waals surface area contributed by atoms with Gasteiger partial charge in [0.25, 0.3) is 5.56 Å². The Labute approximate surface area is 179 Å². The lowest BCUT2D eigenvalue weighted by Gasteiger charge is -2.17. The molecule has 0 aliphatic carbocycles. The Kier molecular flexibility index (Phi) is 5.80. The van der Waals surface area contributed by atoms with E-state index in [1.165, 1.54) is 9.13 Å². The topological polar surface area (TPSA) is 73.1 Å². The van der Waals surface area contributed by atoms with Gasteiger partial charge >= 0.3 is 5.69 Å². The van der Waals surface area contributed by atoms with Crippen LogP contribution in [0.5, 0.6) is 0 Å². The van der Waals surface area contributed by atoms with Crippen LogP contribution >= 0.6 is 0 Å². The summed E-state index contributed by atoms with van der Waals surface area (Å²) in [5, 5.41) is 3.34. The lowest BCUT2D eigenvalue weighted by atomic mass is 10.1. The van der Waals surface area contributed by atoms with Crippen LogP contribution in [-0.2, 0) is 17.9 Å². The summed E-state index contributed by atoms with van der Waals surface area (Å²) in [4.78, 5) is 39.0. The molecule has 6 heteroatoms. The van der Waals surface area contributed by atoms with Gasteiger partial charge in [-0.1, -0.05) is 72.8 Å². The van der Waals surface area contributed by atoms with E-state index in [0.29, 0.717) is 10.9 Å². The molecule has 31 heavy (non-hydrogen) atoms. The predicted octanol–water partition coefficient (Wildman–Crippen LogP) is 3.09. The molecule has 0 spiro atoms. The Morgan fingerprint density at radius 2 is 1.45 bits per heavy atom. The summed E-state index contributed by atoms with van der Waals surface area (Å²) in [5.41, 5.74) is 1.39. The summed E-state index contributed by atoms with van der Waals surface area (Å²) in [6, 6.07) is 25.6. The molecule has 3 aromatic carbocycles. The molecule has 1 aromatic heterocycles. The second-order valence-corrected chi connectivity index (χ2v) is 7.46. The molecule has 156 valence electrons. The van der Waals surface area contributed by atoms with Gasteiger partial charge in [-0.3, -0.25) is 18.7 Å². The molecule has 1 heterocycles. The average molecular weight is 413 g/mol. The van der Waals surface area contributed by atoms with Crippen molar-refractivity contribution in [1.82, 2.24) is 14.5 Å². The Bertz CT molecular complexity index is 1330. The largest absolute Gasteiger partial charge is 0.348 e. The molecule has 1 atom stereocenters. The minimum atomic E-state index is -0.505. The number of aromatic nitrogens is 2. The quantitative estimate of drug-likeness (QED) is 0.528. The lowest BCUT2D eigenvalue weighted by molar-refractivity contribution is -0.122. The second kappa shape index (κ2) is 8.83. The zero-order chi connectivity index (χ0) is 21.8. The monoisotopic (exact) mass is 413 g/mol. The van der Waals surface area contributed by atoms with Crippen molar-refractivity contribution < 1.29 is 4.79 Å². The molecule has 0 aliphatic rings. The van der Waals surface area contributed by atoms with E-state index >= 15 is 0 Å². The SMILES string of the molecule is CC(NC(=O)Cn1c(=O)n(Cc2ccccc2)c(=O)c2ccccc21)c1ccccc1. The fourth-order valence-corrected chi connectivity index (χ4v) is 3.68. The first kappa shape index (κ1) is 20.3. The average Bonchev–Trinajstić information content (AvgIpc) is 2.80. The van der Waals surface area contributed by atoms with Gasteiger partial charge in [-0.25, -0.2) is 4.79 Å². The number of fused-ring (bicyclic) bond motifs is 1. The number of nitrogens with one attached hydrogen (secondary N) is 1. The lowest BCUT2D eigenvalue weighted by Crippen LogP contribution is -2.43. The summed E-state index contributed by atoms with van der Waals surface area (Å²) in [7, 11) is 0. The molecule has 0 fully saturated rings. The normalized spacial score (nSPS) is 11.9. The van der Waals surface area contributed by atoms with Crippen LogP contribution in [0.4, 0.5) is 0 Å². The fourth-order valence-electron chi connectivity index (χ4n) is 3.68. The molecule has 6 nitrogen and oxygen atoms in total. The third-order valence-corrected chi connectivity index (χ3v) is 5.29. The van der Waals surface area contributed by atoms with Crippen molar-refractivity contribution >= 4 is 16.8 Å². The smallest absolute Gasteiger partial charge is 0.332 e. The number of hydrogen-bond acceptors (Lipinski definition) is 3. The van der Waals surface area contributed by atoms with Crippen LogP contribution in [0.25, 0.3) is 10.9 Å². The van der Waals surface area contributed by atoms with E-state index in [0.717, 1.165) is 11.1 Å². The Morgan fingerprint density at radius 1 is 0.839 bits per heavy atom. The minimum absolute atomic E-state index is 0.144. The number of benzene rings is 3. The third-order valence-electron chi connectivity index (χ3n) is 5.29. The number of carbonyl (C=O) groups excluding carboxylic acids is 1. The first-order chi connectivity index (χ1) is 15.0. The van der Waals surface area contributed by atoms with E-state index in [1.807, 2.05) is 67.6 Å². The van der Waals surface area contributed by atoms with Gasteiger partial charge in [-0.2, -0.15) is 0 Å². The highest BCUT2D eigenvalue weighted by Gasteiger charge is 2.17. The van der Waals surface area contributed by atoms with Crippen molar-refractivity contribution in [3.05, 3.63) is 117 Å². The number of para-hydroxylation sites is 1. The number of rotatable bonds is 6. The number of carbonyl (C=O) groups is 1. The van der Waals surface area contributed by atoms with Crippen LogP contribution in [0.15, 0.2) is 94.5 Å². The molecule has 4 rings (SSSR count). The molecule has 1 N–H and O–H groups in total. The summed E-state index contributed by atoms with van der Waals surface area (Å²) in [5.74, 6) is -0.298. The minimum Gasteiger partial charge on any atom is -0.348 e. The number of nitrogens with zero attached hydrogens (tertiary/aromatic N) is 2. The molecule has 0 saturated carbocycles. The fraction of sp³-hybridized carbons (Fsp3) is 0.160. The van der Waals surface area contributed by atoms with Crippen molar-refractivity contribution in [2.45, 2.75) is 26.1 Å². The zero-order valence-electron chi connectivity index (χ0n) is 17.2. The first-order valence-electron chi connectivity index (χ1n) is 10.1. The van der Waals surface area contributed by atoms with Crippen LogP contribution in [0.2, 0.25) is 0 Å². The van der Waals surface area contributed by atoms with Crippen molar-refractivity contribution in [2.75, 3.05) is 0 Å². The summed E-state index contributed by atoms with van der Waals surface area (Å²) in [6.45, 7) is 1.86. The Morgan fingerprint density at radius 3 is 2.16 bits per heavy atom. The number of amides is 1. The van der Waals surface area contributed by atoms with Crippen LogP contribution in [0.3, 0.4) is 0 Å². The predicted molar refractivity (Wildman–Crippen MR) is 121 cm³/mol. The molecular formula is C25H23N3O3. The highest BCUT2D eigenvalue weighted by molar-refractivity contribution is 5.81. The van der Waals surface area contributed by atoms with Gasteiger partial charge in [0, 0.05) is 0 Å². The summed E-state index contributed by atoms with van der Waals surface area (Å²) >= 11 is 0. The highest BCUT2D eigenvalue weighted by Crippen LogP contribution is 2.12. The molecule has 0 bridgehead atoms. The van der Waals surface area contributed by atoms with Crippen molar-refractivity contribution in [3.63, 3.8) is 0 Å². The van der Waals surface area contributed by atoms with E-state index in [-0.39, 0.29) is 30.6 Å². The van der Waals surface area contributed by atoms with Crippen molar-refractivity contribution in [2.24, 2.45) is 0 Å². The van der Waals surface area contributed by atoms with Gasteiger partial charge in [0.2, 0.25) is 5.91 Å². The van der Waals surface area contributed by atoms with Crippen LogP contribution < -0.4 is 16.6 Å². The maximum atomic E-state index is 13.2.